The Balaban J connectivity index is 1.75. The highest BCUT2D eigenvalue weighted by atomic mass is 16.5. The summed E-state index contributed by atoms with van der Waals surface area (Å²) in [5.74, 6) is 1.04. The van der Waals surface area contributed by atoms with Gasteiger partial charge in [-0.25, -0.2) is 0 Å². The molecule has 3 unspecified atom stereocenters. The van der Waals surface area contributed by atoms with Crippen LogP contribution in [0.2, 0.25) is 0 Å². The molecule has 90 valence electrons. The maximum atomic E-state index is 5.66. The van der Waals surface area contributed by atoms with Crippen LogP contribution in [0.5, 0.6) is 0 Å². The Morgan fingerprint density at radius 3 is 3.00 bits per heavy atom. The molecule has 0 radical (unpaired) electrons. The summed E-state index contributed by atoms with van der Waals surface area (Å²) in [5, 5.41) is 3.58. The fourth-order valence-electron chi connectivity index (χ4n) is 2.34. The van der Waals surface area contributed by atoms with Gasteiger partial charge >= 0.3 is 0 Å². The zero-order chi connectivity index (χ0) is 11.4. The molecule has 0 spiro atoms. The topological polar surface area (TPSA) is 34.4 Å². The van der Waals surface area contributed by atoms with Crippen molar-refractivity contribution in [2.45, 2.75) is 51.3 Å². The second-order valence-electron chi connectivity index (χ2n) is 4.69. The molecule has 1 N–H and O–H groups in total. The van der Waals surface area contributed by atoms with Crippen molar-refractivity contribution in [3.05, 3.63) is 24.2 Å². The van der Waals surface area contributed by atoms with E-state index in [0.717, 1.165) is 18.8 Å². The molecule has 16 heavy (non-hydrogen) atoms. The Bertz CT molecular complexity index is 291. The average molecular weight is 223 g/mol. The SMILES string of the molecule is CC(Cc1ccco1)NC(C)C1CCCO1. The largest absolute Gasteiger partial charge is 0.469 e. The third kappa shape index (κ3) is 3.09. The van der Waals surface area contributed by atoms with E-state index in [-0.39, 0.29) is 0 Å². The lowest BCUT2D eigenvalue weighted by Gasteiger charge is -2.23. The predicted molar refractivity (Wildman–Crippen MR) is 63.4 cm³/mol. The van der Waals surface area contributed by atoms with Crippen molar-refractivity contribution in [2.75, 3.05) is 6.61 Å². The van der Waals surface area contributed by atoms with Gasteiger partial charge in [0.15, 0.2) is 0 Å². The van der Waals surface area contributed by atoms with Crippen LogP contribution in [0.15, 0.2) is 22.8 Å². The van der Waals surface area contributed by atoms with Crippen LogP contribution in [0.25, 0.3) is 0 Å². The molecule has 0 bridgehead atoms. The van der Waals surface area contributed by atoms with Crippen LogP contribution in [-0.4, -0.2) is 24.8 Å². The van der Waals surface area contributed by atoms with E-state index in [1.54, 1.807) is 6.26 Å². The first kappa shape index (κ1) is 11.7. The van der Waals surface area contributed by atoms with E-state index < -0.39 is 0 Å². The summed E-state index contributed by atoms with van der Waals surface area (Å²) < 4.78 is 11.0. The van der Waals surface area contributed by atoms with Crippen LogP contribution >= 0.6 is 0 Å². The molecular weight excluding hydrogens is 202 g/mol. The van der Waals surface area contributed by atoms with E-state index in [1.165, 1.54) is 12.8 Å². The van der Waals surface area contributed by atoms with E-state index in [4.69, 9.17) is 9.15 Å². The zero-order valence-electron chi connectivity index (χ0n) is 10.1. The molecule has 0 aromatic carbocycles. The van der Waals surface area contributed by atoms with E-state index in [0.29, 0.717) is 18.2 Å². The van der Waals surface area contributed by atoms with Gasteiger partial charge in [0, 0.05) is 25.1 Å². The molecule has 3 heteroatoms. The highest BCUT2D eigenvalue weighted by molar-refractivity contribution is 5.00. The van der Waals surface area contributed by atoms with Gasteiger partial charge in [0.1, 0.15) is 5.76 Å². The Morgan fingerprint density at radius 2 is 2.38 bits per heavy atom. The zero-order valence-corrected chi connectivity index (χ0v) is 10.1. The first-order valence-electron chi connectivity index (χ1n) is 6.15. The quantitative estimate of drug-likeness (QED) is 0.832. The van der Waals surface area contributed by atoms with Gasteiger partial charge in [0.2, 0.25) is 0 Å². The van der Waals surface area contributed by atoms with Gasteiger partial charge in [-0.05, 0) is 38.8 Å². The fraction of sp³-hybridized carbons (Fsp3) is 0.692. The third-order valence-electron chi connectivity index (χ3n) is 3.16. The molecule has 1 fully saturated rings. The highest BCUT2D eigenvalue weighted by Gasteiger charge is 2.23. The summed E-state index contributed by atoms with van der Waals surface area (Å²) in [5.41, 5.74) is 0. The molecule has 0 amide bonds. The van der Waals surface area contributed by atoms with Crippen LogP contribution in [-0.2, 0) is 11.2 Å². The van der Waals surface area contributed by atoms with Gasteiger partial charge in [-0.15, -0.1) is 0 Å². The van der Waals surface area contributed by atoms with Crippen molar-refractivity contribution < 1.29 is 9.15 Å². The summed E-state index contributed by atoms with van der Waals surface area (Å²) in [4.78, 5) is 0. The van der Waals surface area contributed by atoms with E-state index in [9.17, 15) is 0 Å². The maximum absolute atomic E-state index is 5.66. The van der Waals surface area contributed by atoms with Crippen molar-refractivity contribution in [1.82, 2.24) is 5.32 Å². The Morgan fingerprint density at radius 1 is 1.50 bits per heavy atom. The molecule has 1 aliphatic heterocycles. The molecule has 2 heterocycles. The van der Waals surface area contributed by atoms with Gasteiger partial charge in [-0.1, -0.05) is 0 Å². The Kier molecular flexibility index (Phi) is 4.02. The second-order valence-corrected chi connectivity index (χ2v) is 4.69. The van der Waals surface area contributed by atoms with Crippen LogP contribution < -0.4 is 5.32 Å². The summed E-state index contributed by atoms with van der Waals surface area (Å²) in [7, 11) is 0. The van der Waals surface area contributed by atoms with Crippen molar-refractivity contribution in [1.29, 1.82) is 0 Å². The maximum Gasteiger partial charge on any atom is 0.105 e. The smallest absolute Gasteiger partial charge is 0.105 e. The number of rotatable bonds is 5. The van der Waals surface area contributed by atoms with Crippen molar-refractivity contribution >= 4 is 0 Å². The summed E-state index contributed by atoms with van der Waals surface area (Å²) in [6, 6.07) is 4.80. The van der Waals surface area contributed by atoms with Gasteiger partial charge in [0.05, 0.1) is 12.4 Å². The van der Waals surface area contributed by atoms with Crippen molar-refractivity contribution in [3.8, 4) is 0 Å². The highest BCUT2D eigenvalue weighted by Crippen LogP contribution is 2.16. The van der Waals surface area contributed by atoms with E-state index in [1.807, 2.05) is 12.1 Å². The average Bonchev–Trinajstić information content (AvgIpc) is 2.88. The number of nitrogens with one attached hydrogen (secondary N) is 1. The molecule has 0 saturated carbocycles. The van der Waals surface area contributed by atoms with Crippen LogP contribution in [0.3, 0.4) is 0 Å². The lowest BCUT2D eigenvalue weighted by atomic mass is 10.1. The minimum atomic E-state index is 0.388. The van der Waals surface area contributed by atoms with Crippen LogP contribution in [0.1, 0.15) is 32.4 Å². The van der Waals surface area contributed by atoms with Gasteiger partial charge in [-0.2, -0.15) is 0 Å². The number of hydrogen-bond donors (Lipinski definition) is 1. The number of hydrogen-bond acceptors (Lipinski definition) is 3. The lowest BCUT2D eigenvalue weighted by molar-refractivity contribution is 0.0802. The van der Waals surface area contributed by atoms with Gasteiger partial charge in [0.25, 0.3) is 0 Å². The number of ether oxygens (including phenoxy) is 1. The normalized spacial score (nSPS) is 24.5. The monoisotopic (exact) mass is 223 g/mol. The van der Waals surface area contributed by atoms with Crippen LogP contribution in [0.4, 0.5) is 0 Å². The van der Waals surface area contributed by atoms with Gasteiger partial charge in [-0.3, -0.25) is 0 Å². The van der Waals surface area contributed by atoms with E-state index in [2.05, 4.69) is 19.2 Å². The first-order chi connectivity index (χ1) is 7.75. The number of furan rings is 1. The minimum absolute atomic E-state index is 0.388. The third-order valence-corrected chi connectivity index (χ3v) is 3.16. The summed E-state index contributed by atoms with van der Waals surface area (Å²) in [6.07, 6.45) is 5.43. The first-order valence-corrected chi connectivity index (χ1v) is 6.15. The lowest BCUT2D eigenvalue weighted by Crippen LogP contribution is -2.42. The molecule has 3 atom stereocenters. The fourth-order valence-corrected chi connectivity index (χ4v) is 2.34. The predicted octanol–water partition coefficient (Wildman–Crippen LogP) is 2.37. The minimum Gasteiger partial charge on any atom is -0.469 e. The molecule has 0 aliphatic carbocycles. The molecule has 1 aromatic rings. The summed E-state index contributed by atoms with van der Waals surface area (Å²) in [6.45, 7) is 5.31. The summed E-state index contributed by atoms with van der Waals surface area (Å²) >= 11 is 0. The molecule has 3 nitrogen and oxygen atoms in total. The molecule has 2 rings (SSSR count). The molecular formula is C13H21NO2. The van der Waals surface area contributed by atoms with Crippen molar-refractivity contribution in [2.24, 2.45) is 0 Å². The second kappa shape index (κ2) is 5.51. The van der Waals surface area contributed by atoms with Crippen molar-refractivity contribution in [3.63, 3.8) is 0 Å². The van der Waals surface area contributed by atoms with Gasteiger partial charge < -0.3 is 14.5 Å². The Hall–Kier alpha value is -0.800. The molecule has 1 aliphatic rings. The standard InChI is InChI=1S/C13H21NO2/c1-10(9-12-5-3-7-15-12)14-11(2)13-6-4-8-16-13/h3,5,7,10-11,13-14H,4,6,8-9H2,1-2H3. The van der Waals surface area contributed by atoms with Crippen LogP contribution in [0, 0.1) is 0 Å². The van der Waals surface area contributed by atoms with E-state index >= 15 is 0 Å². The molecule has 1 aromatic heterocycles. The Labute approximate surface area is 97.2 Å². The molecule has 1 saturated heterocycles.